The molecule has 0 aliphatic rings. The number of aliphatic carboxylic acids is 2. The van der Waals surface area contributed by atoms with E-state index in [1.165, 1.54) is 0 Å². The van der Waals surface area contributed by atoms with Crippen LogP contribution >= 0.6 is 0 Å². The Morgan fingerprint density at radius 2 is 2.00 bits per heavy atom. The van der Waals surface area contributed by atoms with Crippen molar-refractivity contribution >= 4 is 18.4 Å². The molecule has 0 heterocycles. The molecule has 1 unspecified atom stereocenters. The van der Waals surface area contributed by atoms with Gasteiger partial charge >= 0.3 is 11.9 Å². The second-order valence-electron chi connectivity index (χ2n) is 3.67. The van der Waals surface area contributed by atoms with E-state index >= 15 is 0 Å². The van der Waals surface area contributed by atoms with Crippen LogP contribution in [0.4, 0.5) is 0 Å². The maximum Gasteiger partial charge on any atom is 0.321 e. The Kier molecular flexibility index (Phi) is 8.50. The number of carboxylic acids is 2. The second kappa shape index (κ2) is 9.37. The zero-order valence-corrected chi connectivity index (χ0v) is 9.95. The fraction of sp³-hybridized carbons (Fsp3) is 0.700. The number of ether oxygens (including phenoxy) is 1. The Hall–Kier alpha value is -1.67. The van der Waals surface area contributed by atoms with E-state index in [1.54, 1.807) is 0 Å². The van der Waals surface area contributed by atoms with Crippen LogP contribution in [0.3, 0.4) is 0 Å². The molecule has 18 heavy (non-hydrogen) atoms. The normalized spacial score (nSPS) is 12.1. The van der Waals surface area contributed by atoms with Gasteiger partial charge in [-0.15, -0.1) is 0 Å². The van der Waals surface area contributed by atoms with Crippen LogP contribution in [0.1, 0.15) is 19.3 Å². The number of nitrogens with two attached hydrogens (primary N) is 1. The van der Waals surface area contributed by atoms with E-state index in [0.29, 0.717) is 19.4 Å². The lowest BCUT2D eigenvalue weighted by Gasteiger charge is -2.25. The number of nitrogens with zero attached hydrogens (tertiary/aromatic N) is 1. The van der Waals surface area contributed by atoms with Crippen molar-refractivity contribution in [3.8, 4) is 0 Å². The van der Waals surface area contributed by atoms with Crippen LogP contribution in [-0.4, -0.2) is 59.4 Å². The lowest BCUT2D eigenvalue weighted by molar-refractivity contribution is -0.153. The predicted molar refractivity (Wildman–Crippen MR) is 60.7 cm³/mol. The van der Waals surface area contributed by atoms with Gasteiger partial charge in [0.25, 0.3) is 6.47 Å². The Morgan fingerprint density at radius 3 is 2.44 bits per heavy atom. The molecule has 0 aliphatic carbocycles. The first-order chi connectivity index (χ1) is 8.52. The Balaban J connectivity index is 4.56. The maximum atomic E-state index is 11.1. The van der Waals surface area contributed by atoms with E-state index in [1.807, 2.05) is 0 Å². The van der Waals surface area contributed by atoms with Crippen LogP contribution in [-0.2, 0) is 19.1 Å². The highest BCUT2D eigenvalue weighted by molar-refractivity contribution is 5.75. The molecule has 0 saturated carbocycles. The number of hydrogen-bond acceptors (Lipinski definition) is 6. The summed E-state index contributed by atoms with van der Waals surface area (Å²) in [6.45, 7) is -0.285. The van der Waals surface area contributed by atoms with Gasteiger partial charge in [-0.1, -0.05) is 6.42 Å². The highest BCUT2D eigenvalue weighted by Crippen LogP contribution is 2.09. The molecule has 104 valence electrons. The number of carbonyl (C=O) groups is 3. The first kappa shape index (κ1) is 16.3. The Labute approximate surface area is 104 Å². The lowest BCUT2D eigenvalue weighted by atomic mass is 10.1. The van der Waals surface area contributed by atoms with Crippen molar-refractivity contribution in [1.82, 2.24) is 4.90 Å². The zero-order valence-electron chi connectivity index (χ0n) is 9.95. The van der Waals surface area contributed by atoms with E-state index < -0.39 is 24.5 Å². The van der Waals surface area contributed by atoms with Gasteiger partial charge < -0.3 is 20.7 Å². The summed E-state index contributed by atoms with van der Waals surface area (Å²) in [4.78, 5) is 32.9. The van der Waals surface area contributed by atoms with E-state index in [0.717, 1.165) is 4.90 Å². The first-order valence-electron chi connectivity index (χ1n) is 5.46. The molecule has 0 aromatic rings. The van der Waals surface area contributed by atoms with Crippen LogP contribution in [0.2, 0.25) is 0 Å². The molecule has 0 spiro atoms. The summed E-state index contributed by atoms with van der Waals surface area (Å²) in [5.41, 5.74) is 5.30. The summed E-state index contributed by atoms with van der Waals surface area (Å²) in [5.74, 6) is -2.34. The van der Waals surface area contributed by atoms with Crippen molar-refractivity contribution < 1.29 is 29.3 Å². The molecular weight excluding hydrogens is 244 g/mol. The monoisotopic (exact) mass is 262 g/mol. The average molecular weight is 262 g/mol. The molecule has 8 nitrogen and oxygen atoms in total. The highest BCUT2D eigenvalue weighted by atomic mass is 16.5. The van der Waals surface area contributed by atoms with Gasteiger partial charge in [0.15, 0.2) is 0 Å². The molecule has 0 amide bonds. The van der Waals surface area contributed by atoms with Crippen LogP contribution in [0, 0.1) is 0 Å². The van der Waals surface area contributed by atoms with Crippen molar-refractivity contribution in [1.29, 1.82) is 0 Å². The molecule has 0 aliphatic heterocycles. The average Bonchev–Trinajstić information content (AvgIpc) is 2.29. The molecule has 8 heteroatoms. The van der Waals surface area contributed by atoms with Crippen molar-refractivity contribution in [2.24, 2.45) is 5.73 Å². The molecule has 0 bridgehead atoms. The molecule has 4 N–H and O–H groups in total. The third-order valence-corrected chi connectivity index (χ3v) is 2.30. The van der Waals surface area contributed by atoms with E-state index in [-0.39, 0.29) is 19.6 Å². The van der Waals surface area contributed by atoms with Gasteiger partial charge in [0.05, 0.1) is 0 Å². The lowest BCUT2D eigenvalue weighted by Crippen LogP contribution is -2.45. The molecule has 0 aromatic heterocycles. The van der Waals surface area contributed by atoms with Crippen molar-refractivity contribution in [2.75, 3.05) is 19.8 Å². The van der Waals surface area contributed by atoms with Gasteiger partial charge in [-0.3, -0.25) is 14.4 Å². The van der Waals surface area contributed by atoms with Crippen molar-refractivity contribution in [2.45, 2.75) is 25.3 Å². The molecule has 0 aromatic carbocycles. The summed E-state index contributed by atoms with van der Waals surface area (Å²) < 4.78 is 4.43. The Bertz CT molecular complexity index is 284. The highest BCUT2D eigenvalue weighted by Gasteiger charge is 2.27. The van der Waals surface area contributed by atoms with Crippen LogP contribution in [0.25, 0.3) is 0 Å². The fourth-order valence-corrected chi connectivity index (χ4v) is 1.49. The summed E-state index contributed by atoms with van der Waals surface area (Å²) >= 11 is 0. The summed E-state index contributed by atoms with van der Waals surface area (Å²) in [6, 6.07) is -1.01. The molecule has 1 atom stereocenters. The summed E-state index contributed by atoms with van der Waals surface area (Å²) in [7, 11) is 0. The minimum Gasteiger partial charge on any atom is -0.480 e. The molecule has 0 saturated heterocycles. The minimum atomic E-state index is -1.19. The smallest absolute Gasteiger partial charge is 0.321 e. The van der Waals surface area contributed by atoms with Gasteiger partial charge in [0.2, 0.25) is 0 Å². The summed E-state index contributed by atoms with van der Waals surface area (Å²) in [6.07, 6.45) is 1.46. The first-order valence-corrected chi connectivity index (χ1v) is 5.46. The number of rotatable bonds is 11. The van der Waals surface area contributed by atoms with Gasteiger partial charge in [-0.25, -0.2) is 4.90 Å². The van der Waals surface area contributed by atoms with E-state index in [2.05, 4.69) is 4.74 Å². The van der Waals surface area contributed by atoms with E-state index in [9.17, 15) is 14.4 Å². The SMILES string of the molecule is NCCCCC(C(=O)O)N(COC=O)CC(=O)O. The predicted octanol–water partition coefficient (Wildman–Crippen LogP) is -0.914. The number of unbranched alkanes of at least 4 members (excludes halogenated alkanes) is 1. The fourth-order valence-electron chi connectivity index (χ4n) is 1.49. The number of carboxylic acid groups (broad SMARTS) is 2. The van der Waals surface area contributed by atoms with Gasteiger partial charge in [-0.2, -0.15) is 0 Å². The van der Waals surface area contributed by atoms with Crippen molar-refractivity contribution in [3.63, 3.8) is 0 Å². The molecular formula is C10H18N2O6. The molecule has 0 radical (unpaired) electrons. The van der Waals surface area contributed by atoms with Crippen molar-refractivity contribution in [3.05, 3.63) is 0 Å². The third kappa shape index (κ3) is 6.81. The van der Waals surface area contributed by atoms with Gasteiger partial charge in [-0.05, 0) is 19.4 Å². The number of carbonyl (C=O) groups excluding carboxylic acids is 1. The van der Waals surface area contributed by atoms with Gasteiger partial charge in [0, 0.05) is 0 Å². The standard InChI is InChI=1S/C10H18N2O6/c11-4-2-1-3-8(10(16)17)12(5-9(14)15)6-18-7-13/h7-8H,1-6,11H2,(H,14,15)(H,16,17). The topological polar surface area (TPSA) is 130 Å². The molecule has 0 rings (SSSR count). The zero-order chi connectivity index (χ0) is 14.0. The largest absolute Gasteiger partial charge is 0.480 e. The third-order valence-electron chi connectivity index (χ3n) is 2.30. The number of hydrogen-bond donors (Lipinski definition) is 3. The maximum absolute atomic E-state index is 11.1. The van der Waals surface area contributed by atoms with Crippen LogP contribution in [0.15, 0.2) is 0 Å². The van der Waals surface area contributed by atoms with Gasteiger partial charge in [0.1, 0.15) is 19.3 Å². The van der Waals surface area contributed by atoms with Crippen LogP contribution < -0.4 is 5.73 Å². The Morgan fingerprint density at radius 1 is 1.33 bits per heavy atom. The minimum absolute atomic E-state index is 0.146. The quantitative estimate of drug-likeness (QED) is 0.248. The van der Waals surface area contributed by atoms with Crippen LogP contribution in [0.5, 0.6) is 0 Å². The summed E-state index contributed by atoms with van der Waals surface area (Å²) in [5, 5.41) is 17.7. The molecule has 0 fully saturated rings. The van der Waals surface area contributed by atoms with E-state index in [4.69, 9.17) is 15.9 Å². The second-order valence-corrected chi connectivity index (χ2v) is 3.67.